The van der Waals surface area contributed by atoms with Crippen molar-refractivity contribution in [2.75, 3.05) is 18.6 Å². The summed E-state index contributed by atoms with van der Waals surface area (Å²) in [5.41, 5.74) is 0. The van der Waals surface area contributed by atoms with Crippen LogP contribution in [-0.2, 0) is 11.8 Å². The lowest BCUT2D eigenvalue weighted by Gasteiger charge is -2.12. The molecule has 0 unspecified atom stereocenters. The van der Waals surface area contributed by atoms with E-state index in [4.69, 9.17) is 16.5 Å². The summed E-state index contributed by atoms with van der Waals surface area (Å²) < 4.78 is 3.85. The van der Waals surface area contributed by atoms with Gasteiger partial charge in [-0.1, -0.05) is 23.2 Å². The Morgan fingerprint density at radius 2 is 1.87 bits per heavy atom. The van der Waals surface area contributed by atoms with Gasteiger partial charge >= 0.3 is 0 Å². The molecule has 1 heterocycles. The molecule has 1 aliphatic rings. The predicted molar refractivity (Wildman–Crippen MR) is 78.1 cm³/mol. The fraction of sp³-hybridized carbons (Fsp3) is 0.333. The predicted octanol–water partition coefficient (Wildman–Crippen LogP) is 4.49. The van der Waals surface area contributed by atoms with Gasteiger partial charge in [0.15, 0.2) is 0 Å². The van der Waals surface area contributed by atoms with Crippen LogP contribution in [0.25, 0.3) is 0 Å². The van der Waals surface area contributed by atoms with Gasteiger partial charge in [0.25, 0.3) is 0 Å². The van der Waals surface area contributed by atoms with Crippen LogP contribution in [0.2, 0.25) is 0 Å². The number of hydrogen-bond donors (Lipinski definition) is 0. The summed E-state index contributed by atoms with van der Waals surface area (Å²) in [5.74, 6) is 3.33. The van der Waals surface area contributed by atoms with Gasteiger partial charge in [-0.2, -0.15) is 0 Å². The molecule has 0 aromatic heterocycles. The molecule has 0 aliphatic carbocycles. The van der Waals surface area contributed by atoms with Crippen molar-refractivity contribution in [1.29, 1.82) is 0 Å². The molecule has 0 amide bonds. The van der Waals surface area contributed by atoms with E-state index in [2.05, 4.69) is 12.1 Å². The third-order valence-electron chi connectivity index (χ3n) is 1.86. The van der Waals surface area contributed by atoms with Gasteiger partial charge in [0.1, 0.15) is 9.39 Å². The molecule has 15 heavy (non-hydrogen) atoms. The highest BCUT2D eigenvalue weighted by atomic mass is 33.5. The summed E-state index contributed by atoms with van der Waals surface area (Å²) >= 11 is 11.5. The molecule has 0 radical (unpaired) electrons. The van der Waals surface area contributed by atoms with Gasteiger partial charge in [-0.25, -0.2) is 0 Å². The first kappa shape index (κ1) is 12.2. The van der Waals surface area contributed by atoms with Gasteiger partial charge in [-0.05, 0) is 24.3 Å². The lowest BCUT2D eigenvalue weighted by molar-refractivity contribution is 0.414. The Morgan fingerprint density at radius 3 is 2.40 bits per heavy atom. The minimum Gasteiger partial charge on any atom is -0.497 e. The maximum Gasteiger partial charge on any atom is 0.118 e. The van der Waals surface area contributed by atoms with Crippen molar-refractivity contribution in [1.82, 2.24) is 0 Å². The summed E-state index contributed by atoms with van der Waals surface area (Å²) in [4.78, 5) is 1.26. The Hall–Kier alpha value is 0.720. The topological polar surface area (TPSA) is 9.23 Å². The van der Waals surface area contributed by atoms with Crippen molar-refractivity contribution in [2.24, 2.45) is 0 Å². The van der Waals surface area contributed by atoms with Gasteiger partial charge in [-0.3, -0.25) is 0 Å². The molecule has 1 saturated heterocycles. The molecule has 1 aromatic carbocycles. The number of methoxy groups -OCH3 is 1. The lowest BCUT2D eigenvalue weighted by atomic mass is 10.3. The number of benzene rings is 1. The first-order chi connectivity index (χ1) is 7.22. The minimum atomic E-state index is -1.27. The van der Waals surface area contributed by atoms with Crippen LogP contribution >= 0.6 is 37.8 Å². The first-order valence-electron chi connectivity index (χ1n) is 4.45. The second-order valence-electron chi connectivity index (χ2n) is 2.88. The van der Waals surface area contributed by atoms with Crippen molar-refractivity contribution < 1.29 is 4.74 Å². The molecule has 0 saturated carbocycles. The van der Waals surface area contributed by atoms with Crippen molar-refractivity contribution in [3.63, 3.8) is 0 Å². The first-order valence-corrected chi connectivity index (χ1v) is 11.9. The number of hydrogen-bond acceptors (Lipinski definition) is 5. The normalized spacial score (nSPS) is 19.0. The Labute approximate surface area is 107 Å². The van der Waals surface area contributed by atoms with Crippen LogP contribution in [0.3, 0.4) is 0 Å². The van der Waals surface area contributed by atoms with Crippen LogP contribution in [0.5, 0.6) is 5.75 Å². The third kappa shape index (κ3) is 3.34. The van der Waals surface area contributed by atoms with Gasteiger partial charge in [-0.15, -0.1) is 22.8 Å². The zero-order valence-corrected chi connectivity index (χ0v) is 12.4. The van der Waals surface area contributed by atoms with Crippen molar-refractivity contribution >= 4 is 49.6 Å². The largest absolute Gasteiger partial charge is 0.497 e. The highest BCUT2D eigenvalue weighted by molar-refractivity contribution is 9.24. The molecule has 0 N–H and O–H groups in total. The smallest absolute Gasteiger partial charge is 0.118 e. The van der Waals surface area contributed by atoms with Crippen LogP contribution < -0.4 is 4.74 Å². The Kier molecular flexibility index (Phi) is 4.36. The van der Waals surface area contributed by atoms with Gasteiger partial charge in [0.05, 0.1) is 7.11 Å². The molecular weight excluding hydrogens is 283 g/mol. The standard InChI is InChI=1S/C9H11OPS4/c1-10-8-2-4-9(5-3-8)15-11(12)13-6-7-14-11/h2-5H,6-7H2,1H3. The summed E-state index contributed by atoms with van der Waals surface area (Å²) in [7, 11) is 1.69. The van der Waals surface area contributed by atoms with Crippen molar-refractivity contribution in [3.8, 4) is 5.75 Å². The van der Waals surface area contributed by atoms with Crippen molar-refractivity contribution in [2.45, 2.75) is 4.90 Å². The maximum atomic E-state index is 5.68. The van der Waals surface area contributed by atoms with E-state index in [1.807, 2.05) is 46.3 Å². The number of ether oxygens (including phenoxy) is 1. The summed E-state index contributed by atoms with van der Waals surface area (Å²) in [6.45, 7) is 0. The van der Waals surface area contributed by atoms with E-state index < -0.39 is 3.64 Å². The highest BCUT2D eigenvalue weighted by Crippen LogP contribution is 2.83. The van der Waals surface area contributed by atoms with Gasteiger partial charge in [0.2, 0.25) is 0 Å². The van der Waals surface area contributed by atoms with E-state index in [1.165, 1.54) is 16.4 Å². The maximum absolute atomic E-state index is 5.68. The molecule has 0 bridgehead atoms. The average molecular weight is 294 g/mol. The van der Waals surface area contributed by atoms with E-state index in [9.17, 15) is 0 Å². The SMILES string of the molecule is COc1ccc(SP2(=S)SCCS2)cc1. The van der Waals surface area contributed by atoms with E-state index in [-0.39, 0.29) is 0 Å². The molecule has 2 rings (SSSR count). The highest BCUT2D eigenvalue weighted by Gasteiger charge is 2.25. The van der Waals surface area contributed by atoms with Crippen LogP contribution in [0.15, 0.2) is 29.2 Å². The summed E-state index contributed by atoms with van der Waals surface area (Å²) in [5, 5.41) is 0. The summed E-state index contributed by atoms with van der Waals surface area (Å²) in [6.07, 6.45) is 0. The Bertz CT molecular complexity index is 368. The molecule has 6 heteroatoms. The molecule has 1 nitrogen and oxygen atoms in total. The zero-order chi connectivity index (χ0) is 10.7. The molecule has 1 fully saturated rings. The van der Waals surface area contributed by atoms with Crippen LogP contribution in [0.1, 0.15) is 0 Å². The molecule has 1 aliphatic heterocycles. The fourth-order valence-electron chi connectivity index (χ4n) is 1.15. The van der Waals surface area contributed by atoms with Crippen LogP contribution in [0.4, 0.5) is 0 Å². The van der Waals surface area contributed by atoms with Crippen molar-refractivity contribution in [3.05, 3.63) is 24.3 Å². The lowest BCUT2D eigenvalue weighted by Crippen LogP contribution is -1.80. The minimum absolute atomic E-state index is 0.905. The average Bonchev–Trinajstić information content (AvgIpc) is 2.66. The number of rotatable bonds is 3. The molecule has 0 atom stereocenters. The third-order valence-corrected chi connectivity index (χ3v) is 16.2. The fourth-order valence-corrected chi connectivity index (χ4v) is 15.2. The quantitative estimate of drug-likeness (QED) is 0.757. The second kappa shape index (κ2) is 5.37. The van der Waals surface area contributed by atoms with Crippen LogP contribution in [-0.4, -0.2) is 18.6 Å². The Balaban J connectivity index is 2.07. The molecule has 1 aromatic rings. The summed E-state index contributed by atoms with van der Waals surface area (Å²) in [6, 6.07) is 8.18. The second-order valence-corrected chi connectivity index (χ2v) is 18.6. The molecule has 0 spiro atoms. The van der Waals surface area contributed by atoms with Crippen LogP contribution in [0, 0.1) is 0 Å². The zero-order valence-electron chi connectivity index (χ0n) is 8.21. The van der Waals surface area contributed by atoms with E-state index in [0.717, 1.165) is 5.75 Å². The van der Waals surface area contributed by atoms with E-state index in [1.54, 1.807) is 7.11 Å². The van der Waals surface area contributed by atoms with Gasteiger partial charge < -0.3 is 4.74 Å². The Morgan fingerprint density at radius 1 is 1.27 bits per heavy atom. The molecule has 82 valence electrons. The monoisotopic (exact) mass is 294 g/mol. The molecular formula is C9H11OPS4. The van der Waals surface area contributed by atoms with Gasteiger partial charge in [0, 0.05) is 16.4 Å². The van der Waals surface area contributed by atoms with E-state index in [0.29, 0.717) is 0 Å². The van der Waals surface area contributed by atoms with E-state index >= 15 is 0 Å².